The Labute approximate surface area is 126 Å². The first-order valence-electron chi connectivity index (χ1n) is 6.20. The van der Waals surface area contributed by atoms with E-state index in [1.165, 1.54) is 0 Å². The van der Waals surface area contributed by atoms with Gasteiger partial charge in [0.25, 0.3) is 15.0 Å². The number of rotatable bonds is 5. The second-order valence-corrected chi connectivity index (χ2v) is 7.94. The van der Waals surface area contributed by atoms with Crippen molar-refractivity contribution in [3.63, 3.8) is 0 Å². The lowest BCUT2D eigenvalue weighted by atomic mass is 9.90. The molecule has 0 heterocycles. The van der Waals surface area contributed by atoms with Crippen molar-refractivity contribution >= 4 is 25.6 Å². The van der Waals surface area contributed by atoms with Crippen LogP contribution in [0.2, 0.25) is 0 Å². The first-order valence-corrected chi connectivity index (χ1v) is 8.51. The number of carbonyl (C=O) groups excluding carboxylic acids is 1. The van der Waals surface area contributed by atoms with Gasteiger partial charge >= 0.3 is 0 Å². The number of hydrogen-bond acceptors (Lipinski definition) is 3. The minimum atomic E-state index is -4.48. The fourth-order valence-electron chi connectivity index (χ4n) is 1.45. The fraction of sp³-hybridized carbons (Fsp3) is 0.462. The van der Waals surface area contributed by atoms with Gasteiger partial charge in [0, 0.05) is 17.2 Å². The number of halogens is 3. The third-order valence-electron chi connectivity index (χ3n) is 3.20. The quantitative estimate of drug-likeness (QED) is 0.839. The molecule has 0 radical (unpaired) electrons. The van der Waals surface area contributed by atoms with Crippen LogP contribution in [-0.2, 0) is 9.05 Å². The Hall–Kier alpha value is -1.21. The maximum absolute atomic E-state index is 14.0. The van der Waals surface area contributed by atoms with Gasteiger partial charge in [-0.1, -0.05) is 20.8 Å². The van der Waals surface area contributed by atoms with E-state index in [1.54, 1.807) is 0 Å². The topological polar surface area (TPSA) is 63.2 Å². The van der Waals surface area contributed by atoms with E-state index in [-0.39, 0.29) is 12.0 Å². The molecule has 0 fully saturated rings. The summed E-state index contributed by atoms with van der Waals surface area (Å²) in [7, 11) is 0.536. The van der Waals surface area contributed by atoms with Gasteiger partial charge in [0.2, 0.25) is 0 Å². The molecule has 0 atom stereocenters. The maximum atomic E-state index is 14.0. The predicted octanol–water partition coefficient (Wildman–Crippen LogP) is 3.06. The van der Waals surface area contributed by atoms with E-state index in [4.69, 9.17) is 10.7 Å². The molecule has 21 heavy (non-hydrogen) atoms. The van der Waals surface area contributed by atoms with Gasteiger partial charge in [0.1, 0.15) is 10.7 Å². The zero-order valence-electron chi connectivity index (χ0n) is 11.8. The van der Waals surface area contributed by atoms with Crippen molar-refractivity contribution in [3.8, 4) is 0 Å². The average Bonchev–Trinajstić information content (AvgIpc) is 2.37. The molecular formula is C13H16ClF2NO3S. The van der Waals surface area contributed by atoms with Crippen LogP contribution in [0.3, 0.4) is 0 Å². The van der Waals surface area contributed by atoms with E-state index in [9.17, 15) is 22.0 Å². The highest BCUT2D eigenvalue weighted by Crippen LogP contribution is 2.24. The van der Waals surface area contributed by atoms with E-state index in [2.05, 4.69) is 5.32 Å². The lowest BCUT2D eigenvalue weighted by Gasteiger charge is -2.23. The molecular weight excluding hydrogens is 324 g/mol. The summed E-state index contributed by atoms with van der Waals surface area (Å²) < 4.78 is 49.7. The summed E-state index contributed by atoms with van der Waals surface area (Å²) in [4.78, 5) is 10.9. The summed E-state index contributed by atoms with van der Waals surface area (Å²) in [5.74, 6) is -3.32. The molecule has 0 aromatic heterocycles. The molecule has 0 spiro atoms. The molecule has 1 aromatic rings. The van der Waals surface area contributed by atoms with Crippen LogP contribution in [0.1, 0.15) is 37.6 Å². The van der Waals surface area contributed by atoms with E-state index in [0.717, 1.165) is 6.42 Å². The van der Waals surface area contributed by atoms with Crippen LogP contribution in [-0.4, -0.2) is 20.9 Å². The van der Waals surface area contributed by atoms with Crippen molar-refractivity contribution in [2.45, 2.75) is 32.1 Å². The van der Waals surface area contributed by atoms with Gasteiger partial charge in [-0.15, -0.1) is 0 Å². The van der Waals surface area contributed by atoms with Gasteiger partial charge in [-0.05, 0) is 24.0 Å². The summed E-state index contributed by atoms with van der Waals surface area (Å²) in [6.45, 7) is 5.95. The van der Waals surface area contributed by atoms with Crippen LogP contribution in [0.15, 0.2) is 17.0 Å². The molecule has 1 N–H and O–H groups in total. The maximum Gasteiger partial charge on any atom is 0.264 e. The van der Waals surface area contributed by atoms with E-state index in [1.807, 2.05) is 20.8 Å². The molecule has 0 saturated heterocycles. The van der Waals surface area contributed by atoms with Crippen LogP contribution in [0.4, 0.5) is 8.78 Å². The van der Waals surface area contributed by atoms with E-state index in [0.29, 0.717) is 12.1 Å². The first kappa shape index (κ1) is 17.8. The van der Waals surface area contributed by atoms with E-state index < -0.39 is 37.1 Å². The molecule has 1 amide bonds. The Bertz CT molecular complexity index is 660. The summed E-state index contributed by atoms with van der Waals surface area (Å²) >= 11 is 0. The summed E-state index contributed by atoms with van der Waals surface area (Å²) in [5, 5.41) is 2.45. The standard InChI is InChI=1S/C13H16ClF2NO3S/c1-4-13(2,3)7-17-12(18)9-5-8(15)6-10(11(9)16)21(14,19)20/h5-6H,4,7H2,1-3H3,(H,17,18). The minimum absolute atomic E-state index is 0.221. The molecule has 0 aliphatic heterocycles. The van der Waals surface area contributed by atoms with Gasteiger partial charge in [0.05, 0.1) is 5.56 Å². The highest BCUT2D eigenvalue weighted by atomic mass is 35.7. The SMILES string of the molecule is CCC(C)(C)CNC(=O)c1cc(F)cc(S(=O)(=O)Cl)c1F. The fourth-order valence-corrected chi connectivity index (χ4v) is 2.36. The van der Waals surface area contributed by atoms with Gasteiger partial charge in [-0.2, -0.15) is 0 Å². The van der Waals surface area contributed by atoms with Crippen LogP contribution in [0.5, 0.6) is 0 Å². The van der Waals surface area contributed by atoms with Crippen LogP contribution < -0.4 is 5.32 Å². The molecule has 118 valence electrons. The summed E-state index contributed by atoms with van der Waals surface area (Å²) in [6.07, 6.45) is 0.764. The van der Waals surface area contributed by atoms with Crippen LogP contribution in [0, 0.1) is 17.0 Å². The smallest absolute Gasteiger partial charge is 0.264 e. The molecule has 1 aromatic carbocycles. The van der Waals surface area contributed by atoms with Crippen LogP contribution in [0.25, 0.3) is 0 Å². The van der Waals surface area contributed by atoms with Crippen molar-refractivity contribution < 1.29 is 22.0 Å². The average molecular weight is 340 g/mol. The summed E-state index contributed by atoms with van der Waals surface area (Å²) in [5.41, 5.74) is -0.915. The van der Waals surface area contributed by atoms with Crippen LogP contribution >= 0.6 is 10.7 Å². The molecule has 0 aliphatic carbocycles. The van der Waals surface area contributed by atoms with Gasteiger partial charge in [0.15, 0.2) is 5.82 Å². The van der Waals surface area contributed by atoms with Gasteiger partial charge < -0.3 is 5.32 Å². The zero-order chi connectivity index (χ0) is 16.4. The number of hydrogen-bond donors (Lipinski definition) is 1. The lowest BCUT2D eigenvalue weighted by Crippen LogP contribution is -2.34. The first-order chi connectivity index (χ1) is 9.48. The molecule has 8 heteroatoms. The Morgan fingerprint density at radius 2 is 1.90 bits per heavy atom. The molecule has 0 bridgehead atoms. The highest BCUT2D eigenvalue weighted by molar-refractivity contribution is 8.13. The van der Waals surface area contributed by atoms with Crippen molar-refractivity contribution in [2.75, 3.05) is 6.54 Å². The minimum Gasteiger partial charge on any atom is -0.351 e. The number of benzene rings is 1. The van der Waals surface area contributed by atoms with Gasteiger partial charge in [-0.3, -0.25) is 4.79 Å². The predicted molar refractivity (Wildman–Crippen MR) is 75.8 cm³/mol. The largest absolute Gasteiger partial charge is 0.351 e. The Morgan fingerprint density at radius 3 is 2.38 bits per heavy atom. The normalized spacial score (nSPS) is 12.3. The molecule has 1 rings (SSSR count). The van der Waals surface area contributed by atoms with Crippen molar-refractivity contribution in [3.05, 3.63) is 29.3 Å². The van der Waals surface area contributed by atoms with Crippen molar-refractivity contribution in [1.29, 1.82) is 0 Å². The lowest BCUT2D eigenvalue weighted by molar-refractivity contribution is 0.0930. The van der Waals surface area contributed by atoms with Crippen molar-refractivity contribution in [1.82, 2.24) is 5.32 Å². The Kier molecular flexibility index (Phi) is 5.33. The second kappa shape index (κ2) is 6.27. The molecule has 0 saturated carbocycles. The number of nitrogens with one attached hydrogen (secondary N) is 1. The third kappa shape index (κ3) is 4.64. The second-order valence-electron chi connectivity index (χ2n) is 5.40. The zero-order valence-corrected chi connectivity index (χ0v) is 13.4. The van der Waals surface area contributed by atoms with E-state index >= 15 is 0 Å². The Morgan fingerprint density at radius 1 is 1.33 bits per heavy atom. The summed E-state index contributed by atoms with van der Waals surface area (Å²) in [6, 6.07) is 1.07. The monoisotopic (exact) mass is 339 g/mol. The molecule has 0 aliphatic rings. The number of carbonyl (C=O) groups is 1. The Balaban J connectivity index is 3.14. The highest BCUT2D eigenvalue weighted by Gasteiger charge is 2.25. The molecule has 4 nitrogen and oxygen atoms in total. The third-order valence-corrected chi connectivity index (χ3v) is 4.52. The number of amides is 1. The van der Waals surface area contributed by atoms with Gasteiger partial charge in [-0.25, -0.2) is 17.2 Å². The molecule has 0 unspecified atom stereocenters. The van der Waals surface area contributed by atoms with Crippen molar-refractivity contribution in [2.24, 2.45) is 5.41 Å².